The molecule has 0 aromatic carbocycles. The van der Waals surface area contributed by atoms with E-state index in [0.717, 1.165) is 19.3 Å². The van der Waals surface area contributed by atoms with Crippen molar-refractivity contribution in [3.8, 4) is 0 Å². The highest BCUT2D eigenvalue weighted by molar-refractivity contribution is 7.89. The van der Waals surface area contributed by atoms with Crippen LogP contribution in [0.25, 0.3) is 0 Å². The van der Waals surface area contributed by atoms with Gasteiger partial charge in [0.05, 0.1) is 5.75 Å². The van der Waals surface area contributed by atoms with Crippen LogP contribution in [0.3, 0.4) is 0 Å². The lowest BCUT2D eigenvalue weighted by molar-refractivity contribution is 0.307. The van der Waals surface area contributed by atoms with E-state index in [-0.39, 0.29) is 17.6 Å². The highest BCUT2D eigenvalue weighted by Crippen LogP contribution is 2.27. The molecule has 2 heterocycles. The Balaban J connectivity index is 2.10. The number of sulfonamides is 1. The normalized spacial score (nSPS) is 22.3. The van der Waals surface area contributed by atoms with E-state index >= 15 is 0 Å². The van der Waals surface area contributed by atoms with Gasteiger partial charge in [-0.1, -0.05) is 20.3 Å². The van der Waals surface area contributed by atoms with E-state index in [1.54, 1.807) is 11.4 Å². The molecule has 2 rings (SSSR count). The summed E-state index contributed by atoms with van der Waals surface area (Å²) in [7, 11) is -1.46. The van der Waals surface area contributed by atoms with Crippen molar-refractivity contribution in [2.45, 2.75) is 39.0 Å². The van der Waals surface area contributed by atoms with Crippen molar-refractivity contribution < 1.29 is 8.42 Å². The van der Waals surface area contributed by atoms with E-state index in [4.69, 9.17) is 5.73 Å². The average molecular weight is 315 g/mol. The second-order valence-electron chi connectivity index (χ2n) is 5.94. The summed E-state index contributed by atoms with van der Waals surface area (Å²) in [6.07, 6.45) is 2.61. The summed E-state index contributed by atoms with van der Waals surface area (Å²) in [5, 5.41) is 4.29. The smallest absolute Gasteiger partial charge is 0.218 e. The third-order valence-corrected chi connectivity index (χ3v) is 6.26. The predicted octanol–water partition coefficient (Wildman–Crippen LogP) is 0.953. The van der Waals surface area contributed by atoms with E-state index in [2.05, 4.69) is 10.1 Å². The molecule has 1 fully saturated rings. The molecule has 0 amide bonds. The SMILES string of the molecule is CCC(C)CS(=O)(=O)N1CCCC(c2nc(N)n(C)n2)C1. The number of hydrogen-bond acceptors (Lipinski definition) is 5. The Morgan fingerprint density at radius 1 is 1.48 bits per heavy atom. The zero-order chi connectivity index (χ0) is 15.6. The maximum absolute atomic E-state index is 12.5. The average Bonchev–Trinajstić information content (AvgIpc) is 2.78. The van der Waals surface area contributed by atoms with Gasteiger partial charge < -0.3 is 5.73 Å². The third-order valence-electron chi connectivity index (χ3n) is 4.15. The molecule has 2 atom stereocenters. The van der Waals surface area contributed by atoms with Gasteiger partial charge in [0.25, 0.3) is 0 Å². The van der Waals surface area contributed by atoms with Gasteiger partial charge in [-0.3, -0.25) is 0 Å². The largest absolute Gasteiger partial charge is 0.368 e. The van der Waals surface area contributed by atoms with Crippen LogP contribution in [0.15, 0.2) is 0 Å². The van der Waals surface area contributed by atoms with Crippen LogP contribution < -0.4 is 5.73 Å². The number of rotatable bonds is 5. The van der Waals surface area contributed by atoms with Crippen molar-refractivity contribution in [1.82, 2.24) is 19.1 Å². The summed E-state index contributed by atoms with van der Waals surface area (Å²) >= 11 is 0. The number of anilines is 1. The lowest BCUT2D eigenvalue weighted by atomic mass is 9.99. The van der Waals surface area contributed by atoms with Crippen LogP contribution in [0.2, 0.25) is 0 Å². The maximum Gasteiger partial charge on any atom is 0.218 e. The molecule has 0 radical (unpaired) electrons. The summed E-state index contributed by atoms with van der Waals surface area (Å²) in [4.78, 5) is 4.24. The standard InChI is InChI=1S/C13H25N5O2S/c1-4-10(2)9-21(19,20)18-7-5-6-11(8-18)12-15-13(14)17(3)16-12/h10-11H,4-9H2,1-3H3,(H2,14,15,16). The zero-order valence-electron chi connectivity index (χ0n) is 13.0. The van der Waals surface area contributed by atoms with E-state index in [0.29, 0.717) is 24.9 Å². The Morgan fingerprint density at radius 2 is 2.19 bits per heavy atom. The van der Waals surface area contributed by atoms with E-state index in [1.807, 2.05) is 13.8 Å². The summed E-state index contributed by atoms with van der Waals surface area (Å²) in [6, 6.07) is 0. The molecule has 1 aromatic rings. The number of nitrogen functional groups attached to an aromatic ring is 1. The van der Waals surface area contributed by atoms with Crippen molar-refractivity contribution in [2.75, 3.05) is 24.6 Å². The Bertz CT molecular complexity index is 564. The van der Waals surface area contributed by atoms with Crippen LogP contribution in [0.4, 0.5) is 5.95 Å². The number of aryl methyl sites for hydroxylation is 1. The van der Waals surface area contributed by atoms with Gasteiger partial charge in [-0.15, -0.1) is 0 Å². The molecule has 1 saturated heterocycles. The third kappa shape index (κ3) is 3.74. The minimum absolute atomic E-state index is 0.0361. The van der Waals surface area contributed by atoms with Gasteiger partial charge in [0.15, 0.2) is 5.82 Å². The Kier molecular flexibility index (Phi) is 4.88. The molecule has 1 aliphatic rings. The number of nitrogens with zero attached hydrogens (tertiary/aromatic N) is 4. The first kappa shape index (κ1) is 16.2. The molecule has 7 nitrogen and oxygen atoms in total. The summed E-state index contributed by atoms with van der Waals surface area (Å²) in [5.41, 5.74) is 5.71. The molecule has 120 valence electrons. The van der Waals surface area contributed by atoms with Gasteiger partial charge in [-0.25, -0.2) is 17.4 Å². The summed E-state index contributed by atoms with van der Waals surface area (Å²) < 4.78 is 28.0. The van der Waals surface area contributed by atoms with Gasteiger partial charge in [0.2, 0.25) is 16.0 Å². The second kappa shape index (κ2) is 6.31. The molecule has 0 bridgehead atoms. The van der Waals surface area contributed by atoms with E-state index < -0.39 is 10.0 Å². The molecule has 1 aromatic heterocycles. The molecule has 1 aliphatic heterocycles. The fraction of sp³-hybridized carbons (Fsp3) is 0.846. The number of piperidine rings is 1. The first-order valence-corrected chi connectivity index (χ1v) is 9.08. The zero-order valence-corrected chi connectivity index (χ0v) is 13.8. The van der Waals surface area contributed by atoms with E-state index in [1.165, 1.54) is 4.68 Å². The molecule has 0 saturated carbocycles. The van der Waals surface area contributed by atoms with Crippen LogP contribution in [-0.2, 0) is 17.1 Å². The molecule has 2 N–H and O–H groups in total. The van der Waals surface area contributed by atoms with Crippen LogP contribution in [-0.4, -0.2) is 46.3 Å². The molecular weight excluding hydrogens is 290 g/mol. The van der Waals surface area contributed by atoms with Gasteiger partial charge in [-0.2, -0.15) is 10.1 Å². The monoisotopic (exact) mass is 315 g/mol. The second-order valence-corrected chi connectivity index (χ2v) is 7.95. The van der Waals surface area contributed by atoms with Crippen molar-refractivity contribution in [3.05, 3.63) is 5.82 Å². The van der Waals surface area contributed by atoms with Crippen LogP contribution in [0, 0.1) is 5.92 Å². The van der Waals surface area contributed by atoms with Gasteiger partial charge in [0.1, 0.15) is 0 Å². The predicted molar refractivity (Wildman–Crippen MR) is 82.2 cm³/mol. The molecule has 0 aliphatic carbocycles. The van der Waals surface area contributed by atoms with Crippen LogP contribution in [0.5, 0.6) is 0 Å². The minimum atomic E-state index is -3.20. The van der Waals surface area contributed by atoms with E-state index in [9.17, 15) is 8.42 Å². The van der Waals surface area contributed by atoms with Crippen LogP contribution >= 0.6 is 0 Å². The van der Waals surface area contributed by atoms with Crippen molar-refractivity contribution in [2.24, 2.45) is 13.0 Å². The number of aromatic nitrogens is 3. The first-order valence-electron chi connectivity index (χ1n) is 7.47. The summed E-state index contributed by atoms with van der Waals surface area (Å²) in [6.45, 7) is 5.04. The molecule has 8 heteroatoms. The molecule has 21 heavy (non-hydrogen) atoms. The first-order chi connectivity index (χ1) is 9.83. The molecular formula is C13H25N5O2S. The topological polar surface area (TPSA) is 94.1 Å². The van der Waals surface area contributed by atoms with Crippen molar-refractivity contribution in [3.63, 3.8) is 0 Å². The Morgan fingerprint density at radius 3 is 2.76 bits per heavy atom. The van der Waals surface area contributed by atoms with Gasteiger partial charge in [0, 0.05) is 26.1 Å². The van der Waals surface area contributed by atoms with Gasteiger partial charge in [-0.05, 0) is 18.8 Å². The fourth-order valence-corrected chi connectivity index (χ4v) is 4.56. The van der Waals surface area contributed by atoms with Crippen molar-refractivity contribution in [1.29, 1.82) is 0 Å². The highest BCUT2D eigenvalue weighted by Gasteiger charge is 2.32. The fourth-order valence-electron chi connectivity index (χ4n) is 2.58. The molecule has 2 unspecified atom stereocenters. The number of nitrogens with two attached hydrogens (primary N) is 1. The van der Waals surface area contributed by atoms with Crippen molar-refractivity contribution >= 4 is 16.0 Å². The quantitative estimate of drug-likeness (QED) is 0.873. The summed E-state index contributed by atoms with van der Waals surface area (Å²) in [5.74, 6) is 1.45. The molecule has 0 spiro atoms. The lowest BCUT2D eigenvalue weighted by Crippen LogP contribution is -2.41. The number of hydrogen-bond donors (Lipinski definition) is 1. The Hall–Kier alpha value is -1.15. The lowest BCUT2D eigenvalue weighted by Gasteiger charge is -2.31. The maximum atomic E-state index is 12.5. The van der Waals surface area contributed by atoms with Crippen LogP contribution in [0.1, 0.15) is 44.9 Å². The van der Waals surface area contributed by atoms with Gasteiger partial charge >= 0.3 is 0 Å². The minimum Gasteiger partial charge on any atom is -0.368 e. The highest BCUT2D eigenvalue weighted by atomic mass is 32.2. The Labute approximate surface area is 126 Å².